The maximum absolute atomic E-state index is 12.6. The van der Waals surface area contributed by atoms with E-state index in [2.05, 4.69) is 17.7 Å². The molecular formula is C19H20F3N3O5. The van der Waals surface area contributed by atoms with Crippen molar-refractivity contribution >= 4 is 23.8 Å². The van der Waals surface area contributed by atoms with Gasteiger partial charge in [-0.2, -0.15) is 18.2 Å². The number of imide groups is 1. The summed E-state index contributed by atoms with van der Waals surface area (Å²) in [6.45, 7) is 1.24. The van der Waals surface area contributed by atoms with Crippen LogP contribution in [0.1, 0.15) is 48.5 Å². The number of hydrogen-bond acceptors (Lipinski definition) is 5. The van der Waals surface area contributed by atoms with Crippen LogP contribution >= 0.6 is 0 Å². The van der Waals surface area contributed by atoms with Gasteiger partial charge in [0.2, 0.25) is 0 Å². The quantitative estimate of drug-likeness (QED) is 0.567. The van der Waals surface area contributed by atoms with Crippen LogP contribution < -0.4 is 10.7 Å². The van der Waals surface area contributed by atoms with Crippen LogP contribution in [0.2, 0.25) is 0 Å². The summed E-state index contributed by atoms with van der Waals surface area (Å²) in [6, 6.07) is 2.52. The Morgan fingerprint density at radius 1 is 1.20 bits per heavy atom. The molecule has 1 saturated carbocycles. The molecule has 4 amide bonds. The van der Waals surface area contributed by atoms with E-state index >= 15 is 0 Å². The largest absolute Gasteiger partial charge is 0.452 e. The Hall–Kier alpha value is -3.11. The number of amides is 4. The van der Waals surface area contributed by atoms with Gasteiger partial charge in [0.05, 0.1) is 11.1 Å². The molecule has 2 N–H and O–H groups in total. The third kappa shape index (κ3) is 4.39. The molecule has 1 aromatic carbocycles. The smallest absolute Gasteiger partial charge is 0.416 e. The Kier molecular flexibility index (Phi) is 5.73. The Bertz CT molecular complexity index is 861. The molecule has 0 atom stereocenters. The van der Waals surface area contributed by atoms with E-state index in [4.69, 9.17) is 4.74 Å². The zero-order valence-corrected chi connectivity index (χ0v) is 16.0. The number of nitrogens with zero attached hydrogens (tertiary/aromatic N) is 1. The highest BCUT2D eigenvalue weighted by atomic mass is 19.4. The first-order chi connectivity index (χ1) is 14.0. The summed E-state index contributed by atoms with van der Waals surface area (Å²) in [5, 5.41) is 3.20. The molecule has 162 valence electrons. The molecule has 3 rings (SSSR count). The van der Waals surface area contributed by atoms with Gasteiger partial charge in [-0.15, -0.1) is 0 Å². The molecule has 1 aliphatic heterocycles. The fourth-order valence-electron chi connectivity index (χ4n) is 3.48. The average molecular weight is 427 g/mol. The molecule has 1 spiro atoms. The van der Waals surface area contributed by atoms with Gasteiger partial charge in [0.1, 0.15) is 5.54 Å². The Labute approximate surface area is 169 Å². The van der Waals surface area contributed by atoms with Crippen LogP contribution in [-0.4, -0.2) is 41.0 Å². The second-order valence-corrected chi connectivity index (χ2v) is 7.52. The maximum Gasteiger partial charge on any atom is 0.416 e. The summed E-state index contributed by atoms with van der Waals surface area (Å²) < 4.78 is 42.4. The van der Waals surface area contributed by atoms with Gasteiger partial charge in [0.15, 0.2) is 6.61 Å². The fourth-order valence-corrected chi connectivity index (χ4v) is 3.48. The lowest BCUT2D eigenvalue weighted by Gasteiger charge is -2.33. The van der Waals surface area contributed by atoms with E-state index in [1.54, 1.807) is 0 Å². The van der Waals surface area contributed by atoms with E-state index in [0.717, 1.165) is 25.0 Å². The van der Waals surface area contributed by atoms with Crippen molar-refractivity contribution in [2.45, 2.75) is 44.3 Å². The summed E-state index contributed by atoms with van der Waals surface area (Å²) >= 11 is 0. The first-order valence-corrected chi connectivity index (χ1v) is 9.32. The highest BCUT2D eigenvalue weighted by Crippen LogP contribution is 2.35. The number of carbonyl (C=O) groups is 4. The summed E-state index contributed by atoms with van der Waals surface area (Å²) in [4.78, 5) is 48.7. The van der Waals surface area contributed by atoms with Crippen molar-refractivity contribution in [2.75, 3.05) is 6.61 Å². The minimum absolute atomic E-state index is 0.180. The molecule has 1 saturated heterocycles. The second kappa shape index (κ2) is 7.96. The summed E-state index contributed by atoms with van der Waals surface area (Å²) in [5.74, 6) is -2.08. The van der Waals surface area contributed by atoms with Crippen LogP contribution in [0.5, 0.6) is 0 Å². The SMILES string of the molecule is CC1CCC2(CC1)NC(=O)N(NC(=O)COC(=O)c1ccc(C(F)(F)F)cc1)C2=O. The van der Waals surface area contributed by atoms with Gasteiger partial charge in [0.25, 0.3) is 11.8 Å². The predicted molar refractivity (Wildman–Crippen MR) is 95.6 cm³/mol. The molecule has 0 aromatic heterocycles. The van der Waals surface area contributed by atoms with Gasteiger partial charge in [0, 0.05) is 0 Å². The molecule has 30 heavy (non-hydrogen) atoms. The summed E-state index contributed by atoms with van der Waals surface area (Å²) in [7, 11) is 0. The molecule has 8 nitrogen and oxygen atoms in total. The molecule has 1 heterocycles. The van der Waals surface area contributed by atoms with E-state index in [1.165, 1.54) is 0 Å². The number of hydrogen-bond donors (Lipinski definition) is 2. The minimum Gasteiger partial charge on any atom is -0.452 e. The Morgan fingerprint density at radius 3 is 2.37 bits per heavy atom. The molecule has 1 aromatic rings. The topological polar surface area (TPSA) is 105 Å². The number of rotatable bonds is 4. The zero-order valence-electron chi connectivity index (χ0n) is 16.0. The lowest BCUT2D eigenvalue weighted by Crippen LogP contribution is -2.52. The molecule has 11 heteroatoms. The van der Waals surface area contributed by atoms with Gasteiger partial charge < -0.3 is 10.1 Å². The number of halogens is 3. The van der Waals surface area contributed by atoms with Gasteiger partial charge in [-0.05, 0) is 55.9 Å². The van der Waals surface area contributed by atoms with Crippen LogP contribution in [0, 0.1) is 5.92 Å². The molecule has 2 aliphatic rings. The van der Waals surface area contributed by atoms with Crippen molar-refractivity contribution in [1.82, 2.24) is 15.8 Å². The second-order valence-electron chi connectivity index (χ2n) is 7.52. The van der Waals surface area contributed by atoms with Crippen molar-refractivity contribution in [3.05, 3.63) is 35.4 Å². The third-order valence-corrected chi connectivity index (χ3v) is 5.31. The van der Waals surface area contributed by atoms with E-state index in [0.29, 0.717) is 35.9 Å². The molecule has 1 aliphatic carbocycles. The number of benzene rings is 1. The zero-order chi connectivity index (χ0) is 22.1. The Morgan fingerprint density at radius 2 is 1.80 bits per heavy atom. The molecule has 2 fully saturated rings. The van der Waals surface area contributed by atoms with Crippen LogP contribution in [-0.2, 0) is 20.5 Å². The predicted octanol–water partition coefficient (Wildman–Crippen LogP) is 2.39. The number of hydrazine groups is 1. The molecular weight excluding hydrogens is 407 g/mol. The van der Waals surface area contributed by atoms with Gasteiger partial charge in [-0.3, -0.25) is 15.0 Å². The first-order valence-electron chi connectivity index (χ1n) is 9.32. The van der Waals surface area contributed by atoms with Gasteiger partial charge in [-0.1, -0.05) is 6.92 Å². The van der Waals surface area contributed by atoms with E-state index < -0.39 is 47.7 Å². The van der Waals surface area contributed by atoms with Crippen molar-refractivity contribution in [3.63, 3.8) is 0 Å². The van der Waals surface area contributed by atoms with E-state index in [1.807, 2.05) is 0 Å². The van der Waals surface area contributed by atoms with Crippen molar-refractivity contribution in [1.29, 1.82) is 0 Å². The lowest BCUT2D eigenvalue weighted by atomic mass is 9.77. The fraction of sp³-hybridized carbons (Fsp3) is 0.474. The van der Waals surface area contributed by atoms with Crippen LogP contribution in [0.15, 0.2) is 24.3 Å². The van der Waals surface area contributed by atoms with Crippen molar-refractivity contribution in [2.24, 2.45) is 5.92 Å². The molecule has 0 bridgehead atoms. The third-order valence-electron chi connectivity index (χ3n) is 5.31. The normalized spacial score (nSPS) is 24.0. The van der Waals surface area contributed by atoms with Gasteiger partial charge >= 0.3 is 18.2 Å². The van der Waals surface area contributed by atoms with E-state index in [9.17, 15) is 32.3 Å². The Balaban J connectivity index is 1.54. The number of ether oxygens (including phenoxy) is 1. The molecule has 0 radical (unpaired) electrons. The van der Waals surface area contributed by atoms with Crippen molar-refractivity contribution < 1.29 is 37.1 Å². The number of esters is 1. The number of nitrogens with one attached hydrogen (secondary N) is 2. The maximum atomic E-state index is 12.6. The van der Waals surface area contributed by atoms with Crippen LogP contribution in [0.3, 0.4) is 0 Å². The van der Waals surface area contributed by atoms with Crippen LogP contribution in [0.25, 0.3) is 0 Å². The monoisotopic (exact) mass is 427 g/mol. The number of urea groups is 1. The minimum atomic E-state index is -4.54. The summed E-state index contributed by atoms with van der Waals surface area (Å²) in [6.07, 6.45) is -2.09. The number of carbonyl (C=O) groups excluding carboxylic acids is 4. The van der Waals surface area contributed by atoms with Gasteiger partial charge in [-0.25, -0.2) is 9.59 Å². The first kappa shape index (κ1) is 21.6. The average Bonchev–Trinajstić information content (AvgIpc) is 2.92. The molecule has 0 unspecified atom stereocenters. The standard InChI is InChI=1S/C19H20F3N3O5/c1-11-6-8-18(9-7-11)16(28)25(17(29)23-18)24-14(26)10-30-15(27)12-2-4-13(5-3-12)19(20,21)22/h2-5,11H,6-10H2,1H3,(H,23,29)(H,24,26). The highest BCUT2D eigenvalue weighted by molar-refractivity contribution is 6.08. The lowest BCUT2D eigenvalue weighted by molar-refractivity contribution is -0.141. The van der Waals surface area contributed by atoms with E-state index in [-0.39, 0.29) is 5.56 Å². The summed E-state index contributed by atoms with van der Waals surface area (Å²) in [5.41, 5.74) is -0.0389. The van der Waals surface area contributed by atoms with Crippen LogP contribution in [0.4, 0.5) is 18.0 Å². The van der Waals surface area contributed by atoms with Crippen molar-refractivity contribution in [3.8, 4) is 0 Å². The number of alkyl halides is 3. The highest BCUT2D eigenvalue weighted by Gasteiger charge is 2.52.